The quantitative estimate of drug-likeness (QED) is 0.130. The average molecular weight is 752 g/mol. The fourth-order valence-electron chi connectivity index (χ4n) is 8.88. The molecule has 0 aliphatic rings. The molecule has 4 heteroatoms. The van der Waals surface area contributed by atoms with Crippen molar-refractivity contribution in [3.8, 4) is 56.4 Å². The summed E-state index contributed by atoms with van der Waals surface area (Å²) in [5.74, 6) is 1.88. The van der Waals surface area contributed by atoms with Crippen molar-refractivity contribution in [3.05, 3.63) is 200 Å². The predicted octanol–water partition coefficient (Wildman–Crippen LogP) is 14.7. The normalized spacial score (nSPS) is 11.7. The minimum Gasteiger partial charge on any atom is -0.456 e. The molecule has 0 saturated carbocycles. The highest BCUT2D eigenvalue weighted by molar-refractivity contribution is 6.20. The highest BCUT2D eigenvalue weighted by atomic mass is 16.3. The Balaban J connectivity index is 1.06. The van der Waals surface area contributed by atoms with E-state index in [0.717, 1.165) is 77.0 Å². The lowest BCUT2D eigenvalue weighted by molar-refractivity contribution is 0.669. The number of rotatable bonds is 5. The Morgan fingerprint density at radius 2 is 0.881 bits per heavy atom. The number of nitrogens with zero attached hydrogens (tertiary/aromatic N) is 3. The van der Waals surface area contributed by atoms with Gasteiger partial charge in [0.25, 0.3) is 0 Å². The summed E-state index contributed by atoms with van der Waals surface area (Å²) < 4.78 is 6.31. The first-order chi connectivity index (χ1) is 29.2. The molecular formula is C55H33N3O. The Labute approximate surface area is 339 Å². The van der Waals surface area contributed by atoms with E-state index in [2.05, 4.69) is 194 Å². The molecule has 0 radical (unpaired) electrons. The zero-order chi connectivity index (χ0) is 38.9. The zero-order valence-electron chi connectivity index (χ0n) is 31.8. The maximum Gasteiger partial charge on any atom is 0.165 e. The fraction of sp³-hybridized carbons (Fsp3) is 0. The van der Waals surface area contributed by atoms with Crippen molar-refractivity contribution in [2.24, 2.45) is 0 Å². The van der Waals surface area contributed by atoms with Crippen molar-refractivity contribution >= 4 is 65.0 Å². The van der Waals surface area contributed by atoms with Crippen LogP contribution >= 0.6 is 0 Å². The van der Waals surface area contributed by atoms with E-state index < -0.39 is 0 Å². The summed E-state index contributed by atoms with van der Waals surface area (Å²) in [4.78, 5) is 16.0. The van der Waals surface area contributed by atoms with Gasteiger partial charge in [-0.1, -0.05) is 176 Å². The van der Waals surface area contributed by atoms with Gasteiger partial charge in [0.15, 0.2) is 17.5 Å². The molecule has 0 fully saturated rings. The molecule has 12 rings (SSSR count). The largest absolute Gasteiger partial charge is 0.456 e. The highest BCUT2D eigenvalue weighted by Crippen LogP contribution is 2.41. The molecule has 2 aromatic heterocycles. The van der Waals surface area contributed by atoms with Crippen LogP contribution in [-0.4, -0.2) is 15.0 Å². The third kappa shape index (κ3) is 5.49. The van der Waals surface area contributed by atoms with Crippen LogP contribution in [0.3, 0.4) is 0 Å². The molecule has 274 valence electrons. The Hall–Kier alpha value is -7.95. The van der Waals surface area contributed by atoms with E-state index >= 15 is 0 Å². The summed E-state index contributed by atoms with van der Waals surface area (Å²) in [5.41, 5.74) is 9.01. The fourth-order valence-corrected chi connectivity index (χ4v) is 8.88. The van der Waals surface area contributed by atoms with Gasteiger partial charge in [0, 0.05) is 27.5 Å². The Bertz CT molecular complexity index is 3610. The van der Waals surface area contributed by atoms with E-state index in [4.69, 9.17) is 19.4 Å². The van der Waals surface area contributed by atoms with Gasteiger partial charge in [-0.3, -0.25) is 0 Å². The van der Waals surface area contributed by atoms with Crippen LogP contribution in [0.1, 0.15) is 0 Å². The predicted molar refractivity (Wildman–Crippen MR) is 244 cm³/mol. The molecule has 10 aromatic carbocycles. The SMILES string of the molecule is c1ccc(-c2ccccc2-c2nc(-c3ccc(-c4ccc5oc6ccc7ccccc7c6c5c4)cc3)nc(-c3c4ccccc4cc4c3ccc3ccccc34)n2)cc1. The van der Waals surface area contributed by atoms with Gasteiger partial charge in [-0.05, 0) is 89.6 Å². The van der Waals surface area contributed by atoms with Gasteiger partial charge in [-0.25, -0.2) is 15.0 Å². The molecular weight excluding hydrogens is 719 g/mol. The van der Waals surface area contributed by atoms with E-state index in [0.29, 0.717) is 17.5 Å². The van der Waals surface area contributed by atoms with Crippen molar-refractivity contribution in [3.63, 3.8) is 0 Å². The highest BCUT2D eigenvalue weighted by Gasteiger charge is 2.20. The lowest BCUT2D eigenvalue weighted by atomic mass is 9.93. The van der Waals surface area contributed by atoms with Crippen LogP contribution in [0.5, 0.6) is 0 Å². The minimum atomic E-state index is 0.615. The molecule has 0 amide bonds. The first-order valence-electron chi connectivity index (χ1n) is 19.9. The third-order valence-corrected chi connectivity index (χ3v) is 11.7. The number of benzene rings is 10. The van der Waals surface area contributed by atoms with E-state index in [9.17, 15) is 0 Å². The van der Waals surface area contributed by atoms with Crippen molar-refractivity contribution in [1.82, 2.24) is 15.0 Å². The van der Waals surface area contributed by atoms with Crippen molar-refractivity contribution in [2.75, 3.05) is 0 Å². The topological polar surface area (TPSA) is 51.8 Å². The number of hydrogen-bond donors (Lipinski definition) is 0. The van der Waals surface area contributed by atoms with Crippen LogP contribution in [0.4, 0.5) is 0 Å². The lowest BCUT2D eigenvalue weighted by Gasteiger charge is -2.15. The molecule has 4 nitrogen and oxygen atoms in total. The van der Waals surface area contributed by atoms with E-state index in [1.165, 1.54) is 26.9 Å². The second-order valence-electron chi connectivity index (χ2n) is 15.1. The van der Waals surface area contributed by atoms with Crippen molar-refractivity contribution in [1.29, 1.82) is 0 Å². The van der Waals surface area contributed by atoms with Gasteiger partial charge in [0.1, 0.15) is 11.2 Å². The molecule has 0 bridgehead atoms. The van der Waals surface area contributed by atoms with Crippen LogP contribution in [0.25, 0.3) is 121 Å². The summed E-state index contributed by atoms with van der Waals surface area (Å²) in [6, 6.07) is 70.4. The summed E-state index contributed by atoms with van der Waals surface area (Å²) in [6.45, 7) is 0. The molecule has 59 heavy (non-hydrogen) atoms. The number of hydrogen-bond acceptors (Lipinski definition) is 4. The summed E-state index contributed by atoms with van der Waals surface area (Å²) in [6.07, 6.45) is 0. The Kier molecular flexibility index (Phi) is 7.50. The van der Waals surface area contributed by atoms with E-state index in [-0.39, 0.29) is 0 Å². The average Bonchev–Trinajstić information content (AvgIpc) is 3.69. The molecule has 2 heterocycles. The van der Waals surface area contributed by atoms with Gasteiger partial charge in [0.2, 0.25) is 0 Å². The molecule has 0 spiro atoms. The third-order valence-electron chi connectivity index (χ3n) is 11.7. The first kappa shape index (κ1) is 33.2. The van der Waals surface area contributed by atoms with Crippen molar-refractivity contribution in [2.45, 2.75) is 0 Å². The summed E-state index contributed by atoms with van der Waals surface area (Å²) >= 11 is 0. The van der Waals surface area contributed by atoms with E-state index in [1.807, 2.05) is 6.07 Å². The zero-order valence-corrected chi connectivity index (χ0v) is 31.8. The van der Waals surface area contributed by atoms with Gasteiger partial charge in [0.05, 0.1) is 0 Å². The van der Waals surface area contributed by atoms with Gasteiger partial charge >= 0.3 is 0 Å². The van der Waals surface area contributed by atoms with Crippen LogP contribution in [0, 0.1) is 0 Å². The van der Waals surface area contributed by atoms with Crippen LogP contribution in [0.15, 0.2) is 205 Å². The van der Waals surface area contributed by atoms with Gasteiger partial charge in [-0.15, -0.1) is 0 Å². The number of fused-ring (bicyclic) bond motifs is 9. The number of furan rings is 1. The monoisotopic (exact) mass is 751 g/mol. The van der Waals surface area contributed by atoms with Gasteiger partial charge < -0.3 is 4.42 Å². The standard InChI is InChI=1S/C55H33N3O/c1-2-12-35(13-3-1)41-17-10-11-21-46(41)54-56-53(57-55(58-54)52-44-20-9-6-16-40(44)33-47-42-18-7-4-14-36(42)26-29-45(47)52)38-24-22-34(23-25-38)39-28-30-49-48(32-39)51-43-19-8-5-15-37(43)27-31-50(51)59-49/h1-33H. The summed E-state index contributed by atoms with van der Waals surface area (Å²) in [5, 5.41) is 11.6. The Morgan fingerprint density at radius 3 is 1.71 bits per heavy atom. The smallest absolute Gasteiger partial charge is 0.165 e. The van der Waals surface area contributed by atoms with Gasteiger partial charge in [-0.2, -0.15) is 0 Å². The maximum absolute atomic E-state index is 6.31. The second kappa shape index (κ2) is 13.3. The van der Waals surface area contributed by atoms with Crippen molar-refractivity contribution < 1.29 is 4.42 Å². The lowest BCUT2D eigenvalue weighted by Crippen LogP contribution is -2.02. The number of aromatic nitrogens is 3. The second-order valence-corrected chi connectivity index (χ2v) is 15.1. The first-order valence-corrected chi connectivity index (χ1v) is 19.9. The maximum atomic E-state index is 6.31. The molecule has 12 aromatic rings. The molecule has 0 aliphatic heterocycles. The van der Waals surface area contributed by atoms with E-state index in [1.54, 1.807) is 0 Å². The molecule has 0 aliphatic carbocycles. The Morgan fingerprint density at radius 1 is 0.288 bits per heavy atom. The van der Waals surface area contributed by atoms with Crippen LogP contribution in [0.2, 0.25) is 0 Å². The molecule has 0 N–H and O–H groups in total. The minimum absolute atomic E-state index is 0.615. The molecule has 0 saturated heterocycles. The molecule has 0 unspecified atom stereocenters. The van der Waals surface area contributed by atoms with Crippen LogP contribution < -0.4 is 0 Å². The van der Waals surface area contributed by atoms with Crippen LogP contribution in [-0.2, 0) is 0 Å². The molecule has 0 atom stereocenters. The summed E-state index contributed by atoms with van der Waals surface area (Å²) in [7, 11) is 0.